The van der Waals surface area contributed by atoms with Gasteiger partial charge in [-0.1, -0.05) is 91.0 Å². The second-order valence-corrected chi connectivity index (χ2v) is 8.73. The first-order valence-corrected chi connectivity index (χ1v) is 11.1. The number of amides is 1. The van der Waals surface area contributed by atoms with E-state index in [1.165, 1.54) is 12.0 Å². The number of fused-ring (bicyclic) bond motifs is 1. The third-order valence-corrected chi connectivity index (χ3v) is 6.79. The molecule has 0 bridgehead atoms. The SMILES string of the molecule is COC(=O)[C@]12CC(c3ccccc3)(c3ccccc3)OO[C@@]1(O)CN(Cc1ccccc1)C2=O. The van der Waals surface area contributed by atoms with Crippen LogP contribution in [0.4, 0.5) is 0 Å². The molecule has 2 saturated heterocycles. The average molecular weight is 459 g/mol. The van der Waals surface area contributed by atoms with Gasteiger partial charge in [-0.2, -0.15) is 4.89 Å². The fourth-order valence-electron chi connectivity index (χ4n) is 5.06. The van der Waals surface area contributed by atoms with Crippen LogP contribution >= 0.6 is 0 Å². The number of aliphatic hydroxyl groups is 1. The van der Waals surface area contributed by atoms with Gasteiger partial charge in [0.15, 0.2) is 5.60 Å². The molecule has 0 radical (unpaired) electrons. The summed E-state index contributed by atoms with van der Waals surface area (Å²) in [5.41, 5.74) is -1.14. The molecule has 3 aromatic carbocycles. The molecular formula is C27H25NO6. The molecule has 0 unspecified atom stereocenters. The average Bonchev–Trinajstić information content (AvgIpc) is 3.11. The number of carbonyl (C=O) groups is 2. The van der Waals surface area contributed by atoms with Gasteiger partial charge in [0.2, 0.25) is 17.1 Å². The zero-order valence-corrected chi connectivity index (χ0v) is 18.7. The molecule has 5 rings (SSSR count). The number of rotatable bonds is 5. The lowest BCUT2D eigenvalue weighted by molar-refractivity contribution is -0.497. The van der Waals surface area contributed by atoms with E-state index in [-0.39, 0.29) is 19.5 Å². The van der Waals surface area contributed by atoms with E-state index in [9.17, 15) is 14.7 Å². The number of hydrogen-bond acceptors (Lipinski definition) is 6. The summed E-state index contributed by atoms with van der Waals surface area (Å²) in [5.74, 6) is -3.65. The van der Waals surface area contributed by atoms with Gasteiger partial charge in [0.25, 0.3) is 0 Å². The van der Waals surface area contributed by atoms with Crippen LogP contribution in [0.5, 0.6) is 0 Å². The van der Waals surface area contributed by atoms with Crippen LogP contribution in [0.2, 0.25) is 0 Å². The largest absolute Gasteiger partial charge is 0.468 e. The molecule has 2 atom stereocenters. The highest BCUT2D eigenvalue weighted by molar-refractivity contribution is 6.06. The number of likely N-dealkylation sites (tertiary alicyclic amines) is 1. The Morgan fingerprint density at radius 2 is 1.44 bits per heavy atom. The Kier molecular flexibility index (Phi) is 5.48. The molecule has 2 fully saturated rings. The summed E-state index contributed by atoms with van der Waals surface area (Å²) in [6.07, 6.45) is -0.193. The third-order valence-electron chi connectivity index (χ3n) is 6.79. The quantitative estimate of drug-likeness (QED) is 0.358. The van der Waals surface area contributed by atoms with Crippen LogP contribution in [0.25, 0.3) is 0 Å². The van der Waals surface area contributed by atoms with Crippen molar-refractivity contribution in [1.29, 1.82) is 0 Å². The number of β-amino-alcohol motifs (C(OH)–C–C–N with tert-alkyl or cyclic N) is 1. The van der Waals surface area contributed by atoms with Crippen LogP contribution in [0, 0.1) is 5.41 Å². The van der Waals surface area contributed by atoms with Gasteiger partial charge in [-0.25, -0.2) is 4.89 Å². The van der Waals surface area contributed by atoms with Gasteiger partial charge in [-0.15, -0.1) is 0 Å². The molecule has 2 aliphatic heterocycles. The molecule has 0 saturated carbocycles. The van der Waals surface area contributed by atoms with Gasteiger partial charge in [0.1, 0.15) is 0 Å². The molecule has 1 amide bonds. The summed E-state index contributed by atoms with van der Waals surface area (Å²) in [6.45, 7) is -0.0384. The van der Waals surface area contributed by atoms with Crippen molar-refractivity contribution in [2.45, 2.75) is 24.4 Å². The van der Waals surface area contributed by atoms with Crippen molar-refractivity contribution in [3.63, 3.8) is 0 Å². The number of carbonyl (C=O) groups excluding carboxylic acids is 2. The van der Waals surface area contributed by atoms with Gasteiger partial charge in [0, 0.05) is 13.0 Å². The molecule has 7 nitrogen and oxygen atoms in total. The summed E-state index contributed by atoms with van der Waals surface area (Å²) in [6, 6.07) is 27.8. The Morgan fingerprint density at radius 3 is 1.97 bits per heavy atom. The predicted molar refractivity (Wildman–Crippen MR) is 122 cm³/mol. The maximum absolute atomic E-state index is 14.0. The van der Waals surface area contributed by atoms with Crippen molar-refractivity contribution in [2.75, 3.05) is 13.7 Å². The highest BCUT2D eigenvalue weighted by Crippen LogP contribution is 2.57. The molecule has 7 heteroatoms. The van der Waals surface area contributed by atoms with Crippen molar-refractivity contribution < 1.29 is 29.2 Å². The zero-order valence-electron chi connectivity index (χ0n) is 18.7. The van der Waals surface area contributed by atoms with Crippen LogP contribution < -0.4 is 0 Å². The van der Waals surface area contributed by atoms with E-state index >= 15 is 0 Å². The molecule has 1 N–H and O–H groups in total. The van der Waals surface area contributed by atoms with E-state index in [4.69, 9.17) is 14.5 Å². The number of nitrogens with zero attached hydrogens (tertiary/aromatic N) is 1. The Bertz CT molecular complexity index is 1150. The summed E-state index contributed by atoms with van der Waals surface area (Å²) < 4.78 is 5.11. The maximum Gasteiger partial charge on any atom is 0.327 e. The van der Waals surface area contributed by atoms with Crippen molar-refractivity contribution in [1.82, 2.24) is 4.90 Å². The van der Waals surface area contributed by atoms with Crippen molar-refractivity contribution in [3.8, 4) is 0 Å². The van der Waals surface area contributed by atoms with Crippen LogP contribution in [0.15, 0.2) is 91.0 Å². The first kappa shape index (κ1) is 22.3. The molecule has 0 aromatic heterocycles. The van der Waals surface area contributed by atoms with Gasteiger partial charge < -0.3 is 14.7 Å². The van der Waals surface area contributed by atoms with E-state index < -0.39 is 28.7 Å². The third kappa shape index (κ3) is 3.24. The summed E-state index contributed by atoms with van der Waals surface area (Å²) in [7, 11) is 1.20. The van der Waals surface area contributed by atoms with Gasteiger partial charge in [-0.3, -0.25) is 9.59 Å². The number of esters is 1. The summed E-state index contributed by atoms with van der Waals surface area (Å²) >= 11 is 0. The lowest BCUT2D eigenvalue weighted by Gasteiger charge is -2.48. The molecule has 34 heavy (non-hydrogen) atoms. The van der Waals surface area contributed by atoms with Gasteiger partial charge >= 0.3 is 5.97 Å². The number of benzene rings is 3. The van der Waals surface area contributed by atoms with Crippen molar-refractivity contribution >= 4 is 11.9 Å². The Labute approximate surface area is 197 Å². The van der Waals surface area contributed by atoms with E-state index in [1.54, 1.807) is 0 Å². The minimum Gasteiger partial charge on any atom is -0.468 e. The fraction of sp³-hybridized carbons (Fsp3) is 0.259. The van der Waals surface area contributed by atoms with Crippen LogP contribution in [0.3, 0.4) is 0 Å². The van der Waals surface area contributed by atoms with Crippen LogP contribution in [0.1, 0.15) is 23.1 Å². The lowest BCUT2D eigenvalue weighted by atomic mass is 9.67. The Morgan fingerprint density at radius 1 is 0.912 bits per heavy atom. The number of hydrogen-bond donors (Lipinski definition) is 1. The van der Waals surface area contributed by atoms with Crippen molar-refractivity contribution in [3.05, 3.63) is 108 Å². The fourth-order valence-corrected chi connectivity index (χ4v) is 5.06. The van der Waals surface area contributed by atoms with Crippen molar-refractivity contribution in [2.24, 2.45) is 5.41 Å². The zero-order chi connectivity index (χ0) is 23.8. The second-order valence-electron chi connectivity index (χ2n) is 8.73. The highest BCUT2D eigenvalue weighted by atomic mass is 17.2. The number of ether oxygens (including phenoxy) is 1. The minimum atomic E-state index is -2.22. The van der Waals surface area contributed by atoms with E-state index in [1.807, 2.05) is 91.0 Å². The molecule has 3 aromatic rings. The normalized spacial score (nSPS) is 25.6. The van der Waals surface area contributed by atoms with Gasteiger partial charge in [0.05, 0.1) is 13.7 Å². The smallest absolute Gasteiger partial charge is 0.327 e. The van der Waals surface area contributed by atoms with Gasteiger partial charge in [-0.05, 0) is 16.7 Å². The predicted octanol–water partition coefficient (Wildman–Crippen LogP) is 3.17. The summed E-state index contributed by atoms with van der Waals surface area (Å²) in [4.78, 5) is 40.4. The first-order valence-electron chi connectivity index (χ1n) is 11.1. The molecule has 0 aliphatic carbocycles. The first-order chi connectivity index (χ1) is 16.5. The molecule has 174 valence electrons. The van der Waals surface area contributed by atoms with E-state index in [2.05, 4.69) is 0 Å². The highest BCUT2D eigenvalue weighted by Gasteiger charge is 2.76. The minimum absolute atomic E-state index is 0.193. The maximum atomic E-state index is 14.0. The second kappa shape index (κ2) is 8.36. The standard InChI is InChI=1S/C27H25NO6/c1-32-24(30)25-18-26(21-13-7-3-8-14-21,22-15-9-4-10-16-22)33-34-27(25,31)19-28(23(25)29)17-20-11-5-2-6-12-20/h2-16,31H,17-19H2,1H3/t25-,27+/m1/s1. The summed E-state index contributed by atoms with van der Waals surface area (Å²) in [5, 5.41) is 11.6. The Hall–Kier alpha value is -3.52. The van der Waals surface area contributed by atoms with E-state index in [0.717, 1.165) is 5.56 Å². The van der Waals surface area contributed by atoms with E-state index in [0.29, 0.717) is 11.1 Å². The number of methoxy groups -OCH3 is 1. The Balaban J connectivity index is 1.65. The topological polar surface area (TPSA) is 85.3 Å². The lowest BCUT2D eigenvalue weighted by Crippen LogP contribution is -2.63. The monoisotopic (exact) mass is 459 g/mol. The molecule has 2 aliphatic rings. The molecular weight excluding hydrogens is 434 g/mol. The molecule has 0 spiro atoms. The van der Waals surface area contributed by atoms with Crippen LogP contribution in [-0.2, 0) is 36.2 Å². The van der Waals surface area contributed by atoms with Crippen LogP contribution in [-0.4, -0.2) is 41.3 Å². The molecule has 2 heterocycles.